The van der Waals surface area contributed by atoms with Crippen molar-refractivity contribution in [3.8, 4) is 0 Å². The first kappa shape index (κ1) is 15.6. The number of anilines is 1. The van der Waals surface area contributed by atoms with E-state index in [4.69, 9.17) is 4.98 Å². The lowest BCUT2D eigenvalue weighted by Crippen LogP contribution is -2.38. The number of nitrogens with zero attached hydrogens (tertiary/aromatic N) is 4. The van der Waals surface area contributed by atoms with Gasteiger partial charge in [-0.25, -0.2) is 9.97 Å². The summed E-state index contributed by atoms with van der Waals surface area (Å²) in [5, 5.41) is 2.02. The molecule has 4 heterocycles. The third kappa shape index (κ3) is 3.02. The van der Waals surface area contributed by atoms with Gasteiger partial charge in [0.05, 0.1) is 18.7 Å². The molecule has 0 N–H and O–H groups in total. The average Bonchev–Trinajstić information content (AvgIpc) is 3.27. The monoisotopic (exact) mass is 342 g/mol. The van der Waals surface area contributed by atoms with Crippen LogP contribution in [0.3, 0.4) is 0 Å². The normalized spacial score (nSPS) is 17.2. The molecule has 0 aliphatic carbocycles. The summed E-state index contributed by atoms with van der Waals surface area (Å²) >= 11 is 1.65. The van der Waals surface area contributed by atoms with E-state index in [1.54, 1.807) is 11.3 Å². The molecule has 24 heavy (non-hydrogen) atoms. The van der Waals surface area contributed by atoms with Gasteiger partial charge in [-0.3, -0.25) is 4.79 Å². The van der Waals surface area contributed by atoms with Crippen molar-refractivity contribution in [2.75, 3.05) is 24.5 Å². The maximum Gasteiger partial charge on any atom is 0.228 e. The minimum Gasteiger partial charge on any atom is -0.356 e. The van der Waals surface area contributed by atoms with Crippen LogP contribution < -0.4 is 4.90 Å². The molecule has 1 fully saturated rings. The molecular weight excluding hydrogens is 320 g/mol. The van der Waals surface area contributed by atoms with Crippen LogP contribution >= 0.6 is 11.3 Å². The highest BCUT2D eigenvalue weighted by atomic mass is 32.1. The van der Waals surface area contributed by atoms with Crippen molar-refractivity contribution in [2.45, 2.75) is 39.2 Å². The van der Waals surface area contributed by atoms with Gasteiger partial charge in [0, 0.05) is 36.5 Å². The zero-order valence-corrected chi connectivity index (χ0v) is 14.8. The largest absolute Gasteiger partial charge is 0.356 e. The van der Waals surface area contributed by atoms with E-state index >= 15 is 0 Å². The number of hydrogen-bond donors (Lipinski definition) is 0. The molecule has 0 unspecified atom stereocenters. The van der Waals surface area contributed by atoms with Gasteiger partial charge in [0.15, 0.2) is 0 Å². The van der Waals surface area contributed by atoms with Crippen molar-refractivity contribution in [1.29, 1.82) is 0 Å². The highest BCUT2D eigenvalue weighted by molar-refractivity contribution is 7.10. The molecule has 0 spiro atoms. The second kappa shape index (κ2) is 6.51. The smallest absolute Gasteiger partial charge is 0.228 e. The Balaban J connectivity index is 1.58. The number of thiophene rings is 1. The Morgan fingerprint density at radius 1 is 1.25 bits per heavy atom. The molecule has 0 radical (unpaired) electrons. The third-order valence-corrected chi connectivity index (χ3v) is 5.69. The molecule has 1 amide bonds. The maximum atomic E-state index is 12.7. The fourth-order valence-electron chi connectivity index (χ4n) is 3.59. The van der Waals surface area contributed by atoms with E-state index in [2.05, 4.69) is 9.88 Å². The van der Waals surface area contributed by atoms with E-state index in [0.29, 0.717) is 13.0 Å². The summed E-state index contributed by atoms with van der Waals surface area (Å²) in [5.41, 5.74) is 2.29. The number of hydrogen-bond acceptors (Lipinski definition) is 5. The molecule has 5 nitrogen and oxygen atoms in total. The Labute approximate surface area is 146 Å². The van der Waals surface area contributed by atoms with Crippen LogP contribution in [-0.2, 0) is 24.2 Å². The number of aromatic nitrogens is 2. The molecule has 0 atom stereocenters. The lowest BCUT2D eigenvalue weighted by molar-refractivity contribution is -0.131. The topological polar surface area (TPSA) is 49.3 Å². The summed E-state index contributed by atoms with van der Waals surface area (Å²) in [6.07, 6.45) is 3.77. The van der Waals surface area contributed by atoms with Crippen LogP contribution in [0.25, 0.3) is 0 Å². The highest BCUT2D eigenvalue weighted by Gasteiger charge is 2.28. The van der Waals surface area contributed by atoms with E-state index in [0.717, 1.165) is 53.8 Å². The molecule has 2 aliphatic heterocycles. The van der Waals surface area contributed by atoms with Crippen molar-refractivity contribution in [3.05, 3.63) is 39.5 Å². The Hall–Kier alpha value is -1.95. The van der Waals surface area contributed by atoms with E-state index in [9.17, 15) is 4.79 Å². The molecule has 2 aliphatic rings. The average molecular weight is 342 g/mol. The highest BCUT2D eigenvalue weighted by Crippen LogP contribution is 2.29. The number of rotatable bonds is 3. The van der Waals surface area contributed by atoms with Crippen molar-refractivity contribution in [3.63, 3.8) is 0 Å². The molecule has 4 rings (SSSR count). The predicted molar refractivity (Wildman–Crippen MR) is 95.4 cm³/mol. The molecule has 2 aromatic rings. The van der Waals surface area contributed by atoms with E-state index < -0.39 is 0 Å². The van der Waals surface area contributed by atoms with Crippen molar-refractivity contribution >= 4 is 23.1 Å². The number of amides is 1. The Morgan fingerprint density at radius 3 is 2.83 bits per heavy atom. The standard InChI is InChI=1S/C18H22N4OS/c1-13-19-16-6-9-22(17(23)11-14-5-4-10-24-14)12-15(16)18(20-13)21-7-2-3-8-21/h4-5,10H,2-3,6-9,11-12H2,1H3. The fourth-order valence-corrected chi connectivity index (χ4v) is 4.29. The van der Waals surface area contributed by atoms with Gasteiger partial charge >= 0.3 is 0 Å². The molecular formula is C18H22N4OS. The number of fused-ring (bicyclic) bond motifs is 1. The van der Waals surface area contributed by atoms with E-state index in [1.165, 1.54) is 12.8 Å². The summed E-state index contributed by atoms with van der Waals surface area (Å²) in [6.45, 7) is 5.49. The van der Waals surface area contributed by atoms with Crippen LogP contribution in [-0.4, -0.2) is 40.4 Å². The molecule has 0 bridgehead atoms. The van der Waals surface area contributed by atoms with Crippen LogP contribution in [0.2, 0.25) is 0 Å². The molecule has 0 aromatic carbocycles. The van der Waals surface area contributed by atoms with Crippen LogP contribution in [0.15, 0.2) is 17.5 Å². The zero-order valence-electron chi connectivity index (χ0n) is 14.0. The summed E-state index contributed by atoms with van der Waals surface area (Å²) in [6, 6.07) is 4.03. The molecule has 126 valence electrons. The van der Waals surface area contributed by atoms with Gasteiger partial charge < -0.3 is 9.80 Å². The number of carbonyl (C=O) groups excluding carboxylic acids is 1. The lowest BCUT2D eigenvalue weighted by atomic mass is 10.0. The number of carbonyl (C=O) groups is 1. The quantitative estimate of drug-likeness (QED) is 0.860. The predicted octanol–water partition coefficient (Wildman–Crippen LogP) is 2.57. The van der Waals surface area contributed by atoms with Crippen LogP contribution in [0.1, 0.15) is 34.8 Å². The van der Waals surface area contributed by atoms with Gasteiger partial charge in [-0.1, -0.05) is 6.07 Å². The van der Waals surface area contributed by atoms with E-state index in [-0.39, 0.29) is 5.91 Å². The zero-order chi connectivity index (χ0) is 16.5. The molecule has 2 aromatic heterocycles. The molecule has 1 saturated heterocycles. The van der Waals surface area contributed by atoms with Crippen molar-refractivity contribution in [1.82, 2.24) is 14.9 Å². The maximum absolute atomic E-state index is 12.7. The summed E-state index contributed by atoms with van der Waals surface area (Å²) in [7, 11) is 0. The summed E-state index contributed by atoms with van der Waals surface area (Å²) in [4.78, 5) is 27.5. The van der Waals surface area contributed by atoms with E-state index in [1.807, 2.05) is 29.3 Å². The van der Waals surface area contributed by atoms with Gasteiger partial charge in [-0.15, -0.1) is 11.3 Å². The Bertz CT molecular complexity index is 738. The first-order valence-corrected chi connectivity index (χ1v) is 9.50. The summed E-state index contributed by atoms with van der Waals surface area (Å²) < 4.78 is 0. The number of aryl methyl sites for hydroxylation is 1. The van der Waals surface area contributed by atoms with Crippen LogP contribution in [0, 0.1) is 6.92 Å². The van der Waals surface area contributed by atoms with Crippen molar-refractivity contribution in [2.24, 2.45) is 0 Å². The first-order valence-electron chi connectivity index (χ1n) is 8.62. The van der Waals surface area contributed by atoms with Gasteiger partial charge in [-0.05, 0) is 31.2 Å². The minimum atomic E-state index is 0.205. The second-order valence-corrected chi connectivity index (χ2v) is 7.57. The molecule has 0 saturated carbocycles. The third-order valence-electron chi connectivity index (χ3n) is 4.81. The lowest BCUT2D eigenvalue weighted by Gasteiger charge is -2.31. The Morgan fingerprint density at radius 2 is 2.08 bits per heavy atom. The molecule has 6 heteroatoms. The second-order valence-electron chi connectivity index (χ2n) is 6.54. The van der Waals surface area contributed by atoms with Gasteiger partial charge in [0.2, 0.25) is 5.91 Å². The van der Waals surface area contributed by atoms with Gasteiger partial charge in [0.25, 0.3) is 0 Å². The van der Waals surface area contributed by atoms with Crippen LogP contribution in [0.5, 0.6) is 0 Å². The fraction of sp³-hybridized carbons (Fsp3) is 0.500. The SMILES string of the molecule is Cc1nc2c(c(N3CCCC3)n1)CN(C(=O)Cc1cccs1)CC2. The van der Waals surface area contributed by atoms with Gasteiger partial charge in [0.1, 0.15) is 11.6 Å². The van der Waals surface area contributed by atoms with Crippen molar-refractivity contribution < 1.29 is 4.79 Å². The first-order chi connectivity index (χ1) is 11.7. The minimum absolute atomic E-state index is 0.205. The Kier molecular flexibility index (Phi) is 4.22. The van der Waals surface area contributed by atoms with Gasteiger partial charge in [-0.2, -0.15) is 0 Å². The van der Waals surface area contributed by atoms with Crippen LogP contribution in [0.4, 0.5) is 5.82 Å². The summed E-state index contributed by atoms with van der Waals surface area (Å²) in [5.74, 6) is 2.11.